The Morgan fingerprint density at radius 1 is 1.16 bits per heavy atom. The fraction of sp³-hybridized carbons (Fsp3) is 0.176. The van der Waals surface area contributed by atoms with Crippen molar-refractivity contribution in [3.8, 4) is 11.4 Å². The molecule has 3 aromatic rings. The first kappa shape index (κ1) is 17.2. The van der Waals surface area contributed by atoms with E-state index in [1.807, 2.05) is 19.1 Å². The highest BCUT2D eigenvalue weighted by Crippen LogP contribution is 2.19. The Kier molecular flexibility index (Phi) is 4.91. The van der Waals surface area contributed by atoms with E-state index >= 15 is 0 Å². The second-order valence-corrected chi connectivity index (χ2v) is 7.37. The van der Waals surface area contributed by atoms with Gasteiger partial charge in [0.1, 0.15) is 5.82 Å². The number of benzene rings is 2. The van der Waals surface area contributed by atoms with Crippen molar-refractivity contribution >= 4 is 10.0 Å². The van der Waals surface area contributed by atoms with Gasteiger partial charge in [0.15, 0.2) is 0 Å². The molecule has 6 nitrogen and oxygen atoms in total. The first-order chi connectivity index (χ1) is 11.9. The van der Waals surface area contributed by atoms with E-state index in [9.17, 15) is 12.8 Å². The molecule has 0 spiro atoms. The summed E-state index contributed by atoms with van der Waals surface area (Å²) in [6.07, 6.45) is 0. The number of nitrogens with one attached hydrogen (secondary N) is 1. The third kappa shape index (κ3) is 4.49. The van der Waals surface area contributed by atoms with Crippen molar-refractivity contribution in [3.05, 3.63) is 71.4 Å². The zero-order chi connectivity index (χ0) is 17.9. The zero-order valence-electron chi connectivity index (χ0n) is 13.4. The maximum atomic E-state index is 13.7. The van der Waals surface area contributed by atoms with E-state index in [1.54, 1.807) is 24.3 Å². The number of hydrogen-bond acceptors (Lipinski definition) is 5. The van der Waals surface area contributed by atoms with Crippen LogP contribution in [0.2, 0.25) is 0 Å². The maximum Gasteiger partial charge on any atom is 0.242 e. The highest BCUT2D eigenvalue weighted by molar-refractivity contribution is 7.88. The summed E-state index contributed by atoms with van der Waals surface area (Å²) in [5.41, 5.74) is 1.87. The molecule has 0 radical (unpaired) electrons. The smallest absolute Gasteiger partial charge is 0.242 e. The van der Waals surface area contributed by atoms with Crippen LogP contribution in [-0.4, -0.2) is 18.6 Å². The predicted octanol–water partition coefficient (Wildman–Crippen LogP) is 2.80. The molecule has 1 aromatic heterocycles. The van der Waals surface area contributed by atoms with Crippen molar-refractivity contribution in [3.63, 3.8) is 0 Å². The molecule has 2 aromatic carbocycles. The van der Waals surface area contributed by atoms with E-state index in [0.717, 1.165) is 5.56 Å². The predicted molar refractivity (Wildman–Crippen MR) is 90.3 cm³/mol. The molecule has 0 saturated carbocycles. The lowest BCUT2D eigenvalue weighted by atomic mass is 10.2. The lowest BCUT2D eigenvalue weighted by Crippen LogP contribution is -2.24. The third-order valence-corrected chi connectivity index (χ3v) is 4.76. The number of aryl methyl sites for hydroxylation is 1. The maximum absolute atomic E-state index is 13.7. The van der Waals surface area contributed by atoms with Crippen LogP contribution in [0.5, 0.6) is 0 Å². The minimum atomic E-state index is -3.56. The lowest BCUT2D eigenvalue weighted by Gasteiger charge is -2.05. The highest BCUT2D eigenvalue weighted by Gasteiger charge is 2.16. The van der Waals surface area contributed by atoms with Gasteiger partial charge in [-0.1, -0.05) is 47.1 Å². The van der Waals surface area contributed by atoms with Gasteiger partial charge in [-0.25, -0.2) is 17.5 Å². The lowest BCUT2D eigenvalue weighted by molar-refractivity contribution is 0.375. The third-order valence-electron chi connectivity index (χ3n) is 3.47. The van der Waals surface area contributed by atoms with Crippen molar-refractivity contribution in [1.29, 1.82) is 0 Å². The number of aromatic nitrogens is 2. The number of nitrogens with zero attached hydrogens (tertiary/aromatic N) is 2. The number of sulfonamides is 1. The monoisotopic (exact) mass is 361 g/mol. The van der Waals surface area contributed by atoms with Gasteiger partial charge in [-0.2, -0.15) is 4.98 Å². The van der Waals surface area contributed by atoms with Crippen LogP contribution in [0.3, 0.4) is 0 Å². The van der Waals surface area contributed by atoms with Gasteiger partial charge >= 0.3 is 0 Å². The van der Waals surface area contributed by atoms with Crippen molar-refractivity contribution < 1.29 is 17.3 Å². The van der Waals surface area contributed by atoms with Gasteiger partial charge in [-0.3, -0.25) is 0 Å². The summed E-state index contributed by atoms with van der Waals surface area (Å²) in [6, 6.07) is 13.3. The molecule has 1 heterocycles. The van der Waals surface area contributed by atoms with Crippen molar-refractivity contribution in [2.24, 2.45) is 0 Å². The zero-order valence-corrected chi connectivity index (χ0v) is 14.3. The van der Waals surface area contributed by atoms with Crippen LogP contribution >= 0.6 is 0 Å². The molecule has 0 aliphatic carbocycles. The van der Waals surface area contributed by atoms with Crippen LogP contribution < -0.4 is 4.72 Å². The first-order valence-corrected chi connectivity index (χ1v) is 9.18. The van der Waals surface area contributed by atoms with Crippen molar-refractivity contribution in [1.82, 2.24) is 14.9 Å². The molecule has 0 aliphatic rings. The van der Waals surface area contributed by atoms with E-state index in [1.165, 1.54) is 12.1 Å². The summed E-state index contributed by atoms with van der Waals surface area (Å²) in [6.45, 7) is 1.74. The standard InChI is InChI=1S/C17H16FN3O3S/c1-12-5-4-6-13(9-12)11-25(22,23)19-10-16-20-17(21-24-16)14-7-2-3-8-15(14)18/h2-9,19H,10-11H2,1H3. The molecule has 0 bridgehead atoms. The van der Waals surface area contributed by atoms with E-state index in [2.05, 4.69) is 14.9 Å². The largest absolute Gasteiger partial charge is 0.338 e. The Labute approximate surface area is 144 Å². The number of rotatable bonds is 6. The molecule has 0 unspecified atom stereocenters. The molecule has 0 amide bonds. The molecule has 1 N–H and O–H groups in total. The van der Waals surface area contributed by atoms with Crippen LogP contribution in [0, 0.1) is 12.7 Å². The average molecular weight is 361 g/mol. The Balaban J connectivity index is 1.66. The summed E-state index contributed by atoms with van der Waals surface area (Å²) in [7, 11) is -3.56. The van der Waals surface area contributed by atoms with E-state index in [-0.39, 0.29) is 29.6 Å². The second-order valence-electron chi connectivity index (χ2n) is 5.56. The minimum Gasteiger partial charge on any atom is -0.338 e. The normalized spacial score (nSPS) is 11.6. The van der Waals surface area contributed by atoms with E-state index < -0.39 is 15.8 Å². The summed E-state index contributed by atoms with van der Waals surface area (Å²) >= 11 is 0. The van der Waals surface area contributed by atoms with Crippen LogP contribution in [0.25, 0.3) is 11.4 Å². The van der Waals surface area contributed by atoms with E-state index in [0.29, 0.717) is 5.56 Å². The Morgan fingerprint density at radius 2 is 1.96 bits per heavy atom. The molecule has 25 heavy (non-hydrogen) atoms. The molecular formula is C17H16FN3O3S. The van der Waals surface area contributed by atoms with Gasteiger partial charge in [0, 0.05) is 0 Å². The topological polar surface area (TPSA) is 85.1 Å². The molecule has 0 aliphatic heterocycles. The van der Waals surface area contributed by atoms with Crippen LogP contribution in [-0.2, 0) is 22.3 Å². The Morgan fingerprint density at radius 3 is 2.72 bits per heavy atom. The van der Waals surface area contributed by atoms with Crippen LogP contribution in [0.15, 0.2) is 53.1 Å². The summed E-state index contributed by atoms with van der Waals surface area (Å²) in [5, 5.41) is 3.68. The first-order valence-electron chi connectivity index (χ1n) is 7.53. The molecule has 3 rings (SSSR count). The molecular weight excluding hydrogens is 345 g/mol. The van der Waals surface area contributed by atoms with E-state index in [4.69, 9.17) is 4.52 Å². The quantitative estimate of drug-likeness (QED) is 0.730. The van der Waals surface area contributed by atoms with Crippen molar-refractivity contribution in [2.75, 3.05) is 0 Å². The Bertz CT molecular complexity index is 986. The van der Waals surface area contributed by atoms with Crippen LogP contribution in [0.4, 0.5) is 4.39 Å². The minimum absolute atomic E-state index is 0.0612. The second kappa shape index (κ2) is 7.12. The fourth-order valence-electron chi connectivity index (χ4n) is 2.32. The summed E-state index contributed by atoms with van der Waals surface area (Å²) in [4.78, 5) is 4.02. The van der Waals surface area contributed by atoms with Gasteiger partial charge in [0.2, 0.25) is 21.7 Å². The number of hydrogen-bond donors (Lipinski definition) is 1. The van der Waals surface area contributed by atoms with Gasteiger partial charge in [-0.15, -0.1) is 0 Å². The Hall–Kier alpha value is -2.58. The summed E-state index contributed by atoms with van der Waals surface area (Å²) < 4.78 is 45.4. The van der Waals surface area contributed by atoms with Crippen molar-refractivity contribution in [2.45, 2.75) is 19.2 Å². The van der Waals surface area contributed by atoms with Gasteiger partial charge in [0.25, 0.3) is 0 Å². The molecule has 0 fully saturated rings. The number of halogens is 1. The summed E-state index contributed by atoms with van der Waals surface area (Å²) in [5.74, 6) is -0.491. The van der Waals surface area contributed by atoms with Crippen LogP contribution in [0.1, 0.15) is 17.0 Å². The molecule has 0 atom stereocenters. The van der Waals surface area contributed by atoms with Gasteiger partial charge < -0.3 is 4.52 Å². The average Bonchev–Trinajstić information content (AvgIpc) is 3.02. The fourth-order valence-corrected chi connectivity index (χ4v) is 3.39. The molecule has 130 valence electrons. The molecule has 0 saturated heterocycles. The highest BCUT2D eigenvalue weighted by atomic mass is 32.2. The van der Waals surface area contributed by atoms with Gasteiger partial charge in [0.05, 0.1) is 17.9 Å². The SMILES string of the molecule is Cc1cccc(CS(=O)(=O)NCc2nc(-c3ccccc3F)no2)c1. The van der Waals surface area contributed by atoms with Gasteiger partial charge in [-0.05, 0) is 24.6 Å². The molecule has 8 heteroatoms.